The lowest BCUT2D eigenvalue weighted by molar-refractivity contribution is 0.0356. The zero-order chi connectivity index (χ0) is 13.1. The molecule has 4 heteroatoms. The van der Waals surface area contributed by atoms with Crippen molar-refractivity contribution >= 4 is 6.09 Å². The lowest BCUT2D eigenvalue weighted by atomic mass is 9.94. The predicted octanol–water partition coefficient (Wildman–Crippen LogP) is 2.26. The molecule has 1 aliphatic rings. The first-order chi connectivity index (χ1) is 7.79. The molecule has 2 atom stereocenters. The number of carbonyl (C=O) groups is 1. The Kier molecular flexibility index (Phi) is 4.80. The number of aliphatic hydroxyl groups excluding tert-OH is 1. The van der Waals surface area contributed by atoms with Gasteiger partial charge < -0.3 is 14.7 Å². The first-order valence-corrected chi connectivity index (χ1v) is 6.39. The van der Waals surface area contributed by atoms with Crippen LogP contribution in [-0.4, -0.2) is 41.9 Å². The zero-order valence-electron chi connectivity index (χ0n) is 11.4. The van der Waals surface area contributed by atoms with Gasteiger partial charge in [-0.3, -0.25) is 0 Å². The summed E-state index contributed by atoms with van der Waals surface area (Å²) < 4.78 is 5.28. The van der Waals surface area contributed by atoms with E-state index in [1.807, 2.05) is 20.8 Å². The minimum absolute atomic E-state index is 0.00484. The van der Waals surface area contributed by atoms with Crippen LogP contribution in [0.3, 0.4) is 0 Å². The lowest BCUT2D eigenvalue weighted by Gasteiger charge is -2.34. The number of hydrogen-bond donors (Lipinski definition) is 1. The molecule has 0 saturated carbocycles. The van der Waals surface area contributed by atoms with Crippen molar-refractivity contribution in [3.63, 3.8) is 0 Å². The van der Waals surface area contributed by atoms with Crippen molar-refractivity contribution in [1.82, 2.24) is 4.90 Å². The summed E-state index contributed by atoms with van der Waals surface area (Å²) in [5.41, 5.74) is -0.00484. The van der Waals surface area contributed by atoms with Gasteiger partial charge in [0.25, 0.3) is 0 Å². The maximum atomic E-state index is 11.8. The second kappa shape index (κ2) is 5.71. The SMILES string of the molecule is CC(O)C1CCCN(C(=O)OCC(C)(C)C)C1. The van der Waals surface area contributed by atoms with Gasteiger partial charge >= 0.3 is 6.09 Å². The maximum Gasteiger partial charge on any atom is 0.409 e. The van der Waals surface area contributed by atoms with E-state index < -0.39 is 0 Å². The number of nitrogens with zero attached hydrogens (tertiary/aromatic N) is 1. The average molecular weight is 243 g/mol. The summed E-state index contributed by atoms with van der Waals surface area (Å²) >= 11 is 0. The van der Waals surface area contributed by atoms with E-state index in [0.717, 1.165) is 19.4 Å². The molecule has 1 aliphatic heterocycles. The van der Waals surface area contributed by atoms with Crippen LogP contribution in [0, 0.1) is 11.3 Å². The largest absolute Gasteiger partial charge is 0.449 e. The normalized spacial score (nSPS) is 23.4. The van der Waals surface area contributed by atoms with Crippen molar-refractivity contribution in [2.24, 2.45) is 11.3 Å². The van der Waals surface area contributed by atoms with E-state index in [1.54, 1.807) is 11.8 Å². The van der Waals surface area contributed by atoms with Crippen LogP contribution >= 0.6 is 0 Å². The van der Waals surface area contributed by atoms with Crippen molar-refractivity contribution in [2.75, 3.05) is 19.7 Å². The molecule has 1 saturated heterocycles. The standard InChI is InChI=1S/C13H25NO3/c1-10(15)11-6-5-7-14(8-11)12(16)17-9-13(2,3)4/h10-11,15H,5-9H2,1-4H3. The molecule has 0 aromatic rings. The summed E-state index contributed by atoms with van der Waals surface area (Å²) in [7, 11) is 0. The number of ether oxygens (including phenoxy) is 1. The van der Waals surface area contributed by atoms with Crippen molar-refractivity contribution in [3.05, 3.63) is 0 Å². The highest BCUT2D eigenvalue weighted by Gasteiger charge is 2.27. The second-order valence-electron chi connectivity index (χ2n) is 6.20. The molecular weight excluding hydrogens is 218 g/mol. The van der Waals surface area contributed by atoms with E-state index in [-0.39, 0.29) is 23.5 Å². The number of piperidine rings is 1. The van der Waals surface area contributed by atoms with E-state index in [1.165, 1.54) is 0 Å². The maximum absolute atomic E-state index is 11.8. The molecule has 0 spiro atoms. The number of rotatable bonds is 2. The summed E-state index contributed by atoms with van der Waals surface area (Å²) in [4.78, 5) is 13.5. The fourth-order valence-corrected chi connectivity index (χ4v) is 1.94. The molecule has 100 valence electrons. The Bertz CT molecular complexity index is 258. The zero-order valence-corrected chi connectivity index (χ0v) is 11.4. The first-order valence-electron chi connectivity index (χ1n) is 6.39. The number of carbonyl (C=O) groups excluding carboxylic acids is 1. The van der Waals surface area contributed by atoms with Crippen molar-refractivity contribution in [3.8, 4) is 0 Å². The number of hydrogen-bond acceptors (Lipinski definition) is 3. The number of amides is 1. The van der Waals surface area contributed by atoms with Crippen molar-refractivity contribution in [1.29, 1.82) is 0 Å². The van der Waals surface area contributed by atoms with Crippen LogP contribution in [0.2, 0.25) is 0 Å². The minimum atomic E-state index is -0.354. The Morgan fingerprint density at radius 2 is 2.18 bits per heavy atom. The van der Waals surface area contributed by atoms with Gasteiger partial charge in [-0.05, 0) is 25.2 Å². The third-order valence-electron chi connectivity index (χ3n) is 3.03. The Balaban J connectivity index is 2.41. The van der Waals surface area contributed by atoms with Gasteiger partial charge in [0, 0.05) is 19.0 Å². The Hall–Kier alpha value is -0.770. The molecule has 1 heterocycles. The summed E-state index contributed by atoms with van der Waals surface area (Å²) in [6, 6.07) is 0. The van der Waals surface area contributed by atoms with E-state index in [9.17, 15) is 9.90 Å². The first kappa shape index (κ1) is 14.3. The highest BCUT2D eigenvalue weighted by atomic mass is 16.6. The topological polar surface area (TPSA) is 49.8 Å². The molecule has 1 amide bonds. The molecule has 17 heavy (non-hydrogen) atoms. The fourth-order valence-electron chi connectivity index (χ4n) is 1.94. The average Bonchev–Trinajstić information content (AvgIpc) is 2.25. The van der Waals surface area contributed by atoms with Crippen LogP contribution in [0.1, 0.15) is 40.5 Å². The van der Waals surface area contributed by atoms with Crippen LogP contribution in [-0.2, 0) is 4.74 Å². The minimum Gasteiger partial charge on any atom is -0.449 e. The molecule has 1 N–H and O–H groups in total. The lowest BCUT2D eigenvalue weighted by Crippen LogP contribution is -2.43. The van der Waals surface area contributed by atoms with Gasteiger partial charge in [0.15, 0.2) is 0 Å². The molecule has 0 bridgehead atoms. The van der Waals surface area contributed by atoms with Gasteiger partial charge in [-0.25, -0.2) is 4.79 Å². The van der Waals surface area contributed by atoms with Gasteiger partial charge in [0.1, 0.15) is 0 Å². The van der Waals surface area contributed by atoms with Crippen LogP contribution in [0.4, 0.5) is 4.79 Å². The van der Waals surface area contributed by atoms with Crippen molar-refractivity contribution < 1.29 is 14.6 Å². The number of aliphatic hydroxyl groups is 1. The van der Waals surface area contributed by atoms with Crippen molar-refractivity contribution in [2.45, 2.75) is 46.6 Å². The molecule has 2 unspecified atom stereocenters. The molecule has 1 rings (SSSR count). The third kappa shape index (κ3) is 4.94. The molecular formula is C13H25NO3. The second-order valence-corrected chi connectivity index (χ2v) is 6.20. The van der Waals surface area contributed by atoms with Gasteiger partial charge in [-0.15, -0.1) is 0 Å². The molecule has 0 radical (unpaired) electrons. The van der Waals surface area contributed by atoms with Gasteiger partial charge in [-0.1, -0.05) is 20.8 Å². The summed E-state index contributed by atoms with van der Waals surface area (Å²) in [6.07, 6.45) is 1.33. The summed E-state index contributed by atoms with van der Waals surface area (Å²) in [5, 5.41) is 9.56. The van der Waals surface area contributed by atoms with Gasteiger partial charge in [-0.2, -0.15) is 0 Å². The van der Waals surface area contributed by atoms with E-state index >= 15 is 0 Å². The van der Waals surface area contributed by atoms with Crippen LogP contribution in [0.5, 0.6) is 0 Å². The van der Waals surface area contributed by atoms with E-state index in [0.29, 0.717) is 13.2 Å². The van der Waals surface area contributed by atoms with E-state index in [4.69, 9.17) is 4.74 Å². The van der Waals surface area contributed by atoms with Gasteiger partial charge in [0.2, 0.25) is 0 Å². The Morgan fingerprint density at radius 3 is 2.71 bits per heavy atom. The van der Waals surface area contributed by atoms with Crippen LogP contribution in [0.25, 0.3) is 0 Å². The third-order valence-corrected chi connectivity index (χ3v) is 3.03. The highest BCUT2D eigenvalue weighted by molar-refractivity contribution is 5.67. The molecule has 0 aliphatic carbocycles. The highest BCUT2D eigenvalue weighted by Crippen LogP contribution is 2.21. The number of likely N-dealkylation sites (tertiary alicyclic amines) is 1. The summed E-state index contributed by atoms with van der Waals surface area (Å²) in [5.74, 6) is 0.186. The molecule has 4 nitrogen and oxygen atoms in total. The molecule has 0 aromatic heterocycles. The molecule has 1 fully saturated rings. The van der Waals surface area contributed by atoms with Gasteiger partial charge in [0.05, 0.1) is 12.7 Å². The van der Waals surface area contributed by atoms with Crippen LogP contribution in [0.15, 0.2) is 0 Å². The summed E-state index contributed by atoms with van der Waals surface area (Å²) in [6.45, 7) is 9.68. The molecule has 0 aromatic carbocycles. The van der Waals surface area contributed by atoms with E-state index in [2.05, 4.69) is 0 Å². The Labute approximate surface area is 104 Å². The smallest absolute Gasteiger partial charge is 0.409 e. The Morgan fingerprint density at radius 1 is 1.53 bits per heavy atom. The van der Waals surface area contributed by atoms with Crippen LogP contribution < -0.4 is 0 Å². The monoisotopic (exact) mass is 243 g/mol. The fraction of sp³-hybridized carbons (Fsp3) is 0.923. The predicted molar refractivity (Wildman–Crippen MR) is 66.8 cm³/mol. The quantitative estimate of drug-likeness (QED) is 0.809.